The lowest BCUT2D eigenvalue weighted by atomic mass is 10.6. The van der Waals surface area contributed by atoms with Crippen molar-refractivity contribution in [3.8, 4) is 0 Å². The van der Waals surface area contributed by atoms with Crippen LogP contribution in [0.25, 0.3) is 0 Å². The van der Waals surface area contributed by atoms with Gasteiger partial charge in [0.25, 0.3) is 0 Å². The lowest BCUT2D eigenvalue weighted by Crippen LogP contribution is -2.21. The average Bonchev–Trinajstić information content (AvgIpc) is 1.87. The topological polar surface area (TPSA) is 87.0 Å². The zero-order valence-electron chi connectivity index (χ0n) is 5.15. The third-order valence-electron chi connectivity index (χ3n) is 0.635. The number of ether oxygens (including phenoxy) is 1. The highest BCUT2D eigenvalue weighted by Crippen LogP contribution is 1.92. The van der Waals surface area contributed by atoms with Gasteiger partial charge in [0.2, 0.25) is 6.29 Å². The molecular weight excluding hydrogens is 140 g/mol. The van der Waals surface area contributed by atoms with Crippen LogP contribution in [0.3, 0.4) is 0 Å². The molecule has 3 N–H and O–H groups in total. The van der Waals surface area contributed by atoms with Crippen LogP contribution < -0.4 is 0 Å². The summed E-state index contributed by atoms with van der Waals surface area (Å²) in [6.07, 6.45) is -1.60. The molecule has 0 aliphatic carbocycles. The largest absolute Gasteiger partial charge is 0.502 e. The molecule has 0 aromatic heterocycles. The van der Waals surface area contributed by atoms with Crippen molar-refractivity contribution < 1.29 is 24.9 Å². The summed E-state index contributed by atoms with van der Waals surface area (Å²) < 4.78 is 3.98. The molecule has 0 amide bonds. The fourth-order valence-corrected chi connectivity index (χ4v) is 0.229. The van der Waals surface area contributed by atoms with Crippen LogP contribution in [0.1, 0.15) is 0 Å². The first kappa shape index (κ1) is 8.93. The van der Waals surface area contributed by atoms with Gasteiger partial charge in [-0.15, -0.1) is 0 Å². The average molecular weight is 148 g/mol. The Bertz CT molecular complexity index is 141. The van der Waals surface area contributed by atoms with Crippen molar-refractivity contribution in [3.63, 3.8) is 0 Å². The van der Waals surface area contributed by atoms with E-state index < -0.39 is 24.6 Å². The number of carbonyl (C=O) groups is 1. The molecule has 58 valence electrons. The van der Waals surface area contributed by atoms with Crippen molar-refractivity contribution >= 4 is 5.97 Å². The van der Waals surface area contributed by atoms with Crippen LogP contribution in [0.2, 0.25) is 0 Å². The molecular formula is C5H8O5. The molecule has 0 aliphatic heterocycles. The normalized spacial score (nSPS) is 12.2. The molecule has 0 heterocycles. The van der Waals surface area contributed by atoms with Gasteiger partial charge in [-0.1, -0.05) is 0 Å². The zero-order valence-corrected chi connectivity index (χ0v) is 5.15. The lowest BCUT2D eigenvalue weighted by Gasteiger charge is -2.06. The Morgan fingerprint density at radius 3 is 2.50 bits per heavy atom. The summed E-state index contributed by atoms with van der Waals surface area (Å²) in [6, 6.07) is 0. The van der Waals surface area contributed by atoms with Gasteiger partial charge in [-0.25, -0.2) is 4.79 Å². The fraction of sp³-hybridized carbons (Fsp3) is 0.400. The van der Waals surface area contributed by atoms with E-state index in [0.29, 0.717) is 0 Å². The van der Waals surface area contributed by atoms with Crippen LogP contribution in [-0.2, 0) is 9.53 Å². The van der Waals surface area contributed by atoms with Gasteiger partial charge < -0.3 is 20.1 Å². The standard InChI is InChI=1S/C5H8O5/c1-3(7)5(9)10-4(8)2-6/h4,6-8H,1-2H2. The van der Waals surface area contributed by atoms with E-state index in [1.165, 1.54) is 0 Å². The minimum Gasteiger partial charge on any atom is -0.502 e. The quantitative estimate of drug-likeness (QED) is 0.205. The number of esters is 1. The van der Waals surface area contributed by atoms with Gasteiger partial charge in [0, 0.05) is 0 Å². The Kier molecular flexibility index (Phi) is 3.45. The van der Waals surface area contributed by atoms with E-state index in [0.717, 1.165) is 0 Å². The molecule has 1 atom stereocenters. The molecule has 10 heavy (non-hydrogen) atoms. The minimum absolute atomic E-state index is 0.709. The zero-order chi connectivity index (χ0) is 8.15. The van der Waals surface area contributed by atoms with Gasteiger partial charge in [-0.2, -0.15) is 0 Å². The monoisotopic (exact) mass is 148 g/mol. The van der Waals surface area contributed by atoms with Crippen LogP contribution in [0.4, 0.5) is 0 Å². The van der Waals surface area contributed by atoms with E-state index in [1.54, 1.807) is 0 Å². The summed E-state index contributed by atoms with van der Waals surface area (Å²) in [5, 5.41) is 24.9. The second-order valence-electron chi connectivity index (χ2n) is 1.49. The molecule has 0 aliphatic rings. The first-order valence-corrected chi connectivity index (χ1v) is 2.45. The maximum absolute atomic E-state index is 10.3. The Hall–Kier alpha value is -1.07. The highest BCUT2D eigenvalue weighted by atomic mass is 16.6. The first-order chi connectivity index (χ1) is 4.57. The molecule has 0 aromatic rings. The van der Waals surface area contributed by atoms with Crippen LogP contribution in [0, 0.1) is 0 Å². The van der Waals surface area contributed by atoms with E-state index >= 15 is 0 Å². The smallest absolute Gasteiger partial charge is 0.375 e. The third kappa shape index (κ3) is 3.06. The van der Waals surface area contributed by atoms with Gasteiger partial charge in [0.1, 0.15) is 6.61 Å². The summed E-state index contributed by atoms with van der Waals surface area (Å²) in [6.45, 7) is 2.12. The number of carbonyl (C=O) groups excluding carboxylic acids is 1. The SMILES string of the molecule is C=C(O)C(=O)OC(O)CO. The van der Waals surface area contributed by atoms with Gasteiger partial charge >= 0.3 is 5.97 Å². The summed E-state index contributed by atoms with van der Waals surface area (Å²) in [7, 11) is 0. The predicted octanol–water partition coefficient (Wildman–Crippen LogP) is -1.09. The first-order valence-electron chi connectivity index (χ1n) is 2.45. The molecule has 0 aromatic carbocycles. The Labute approximate surface area is 57.2 Å². The predicted molar refractivity (Wildman–Crippen MR) is 31.0 cm³/mol. The van der Waals surface area contributed by atoms with Crippen LogP contribution >= 0.6 is 0 Å². The van der Waals surface area contributed by atoms with E-state index in [-0.39, 0.29) is 0 Å². The maximum atomic E-state index is 10.3. The molecule has 0 rings (SSSR count). The van der Waals surface area contributed by atoms with Gasteiger partial charge in [-0.3, -0.25) is 0 Å². The van der Waals surface area contributed by atoms with Gasteiger partial charge in [0.15, 0.2) is 5.76 Å². The van der Waals surface area contributed by atoms with E-state index in [4.69, 9.17) is 15.3 Å². The molecule has 5 heteroatoms. The summed E-state index contributed by atoms with van der Waals surface area (Å²) in [5.74, 6) is -1.96. The second kappa shape index (κ2) is 3.86. The Morgan fingerprint density at radius 1 is 1.70 bits per heavy atom. The van der Waals surface area contributed by atoms with Crippen LogP contribution in [0.5, 0.6) is 0 Å². The van der Waals surface area contributed by atoms with E-state index in [9.17, 15) is 4.79 Å². The fourth-order valence-electron chi connectivity index (χ4n) is 0.229. The van der Waals surface area contributed by atoms with Gasteiger partial charge in [0.05, 0.1) is 0 Å². The van der Waals surface area contributed by atoms with Crippen molar-refractivity contribution in [2.75, 3.05) is 6.61 Å². The Balaban J connectivity index is 3.68. The third-order valence-corrected chi connectivity index (χ3v) is 0.635. The number of hydrogen-bond acceptors (Lipinski definition) is 5. The molecule has 1 unspecified atom stereocenters. The second-order valence-corrected chi connectivity index (χ2v) is 1.49. The van der Waals surface area contributed by atoms with Crippen molar-refractivity contribution in [3.05, 3.63) is 12.3 Å². The number of aliphatic hydroxyl groups is 3. The van der Waals surface area contributed by atoms with Crippen molar-refractivity contribution in [1.82, 2.24) is 0 Å². The summed E-state index contributed by atoms with van der Waals surface area (Å²) in [4.78, 5) is 10.3. The van der Waals surface area contributed by atoms with E-state index in [2.05, 4.69) is 11.3 Å². The van der Waals surface area contributed by atoms with Crippen molar-refractivity contribution in [1.29, 1.82) is 0 Å². The number of rotatable bonds is 3. The lowest BCUT2D eigenvalue weighted by molar-refractivity contribution is -0.171. The molecule has 0 fully saturated rings. The van der Waals surface area contributed by atoms with Gasteiger partial charge in [-0.05, 0) is 6.58 Å². The van der Waals surface area contributed by atoms with Crippen LogP contribution in [-0.4, -0.2) is 34.2 Å². The molecule has 5 nitrogen and oxygen atoms in total. The molecule has 0 bridgehead atoms. The molecule has 0 saturated heterocycles. The molecule has 0 saturated carbocycles. The summed E-state index contributed by atoms with van der Waals surface area (Å²) >= 11 is 0. The number of hydrogen-bond donors (Lipinski definition) is 3. The minimum atomic E-state index is -1.60. The molecule has 0 spiro atoms. The highest BCUT2D eigenvalue weighted by Gasteiger charge is 2.11. The summed E-state index contributed by atoms with van der Waals surface area (Å²) in [5.41, 5.74) is 0. The highest BCUT2D eigenvalue weighted by molar-refractivity contribution is 5.84. The maximum Gasteiger partial charge on any atom is 0.375 e. The molecule has 0 radical (unpaired) electrons. The van der Waals surface area contributed by atoms with Crippen molar-refractivity contribution in [2.24, 2.45) is 0 Å². The number of aliphatic hydroxyl groups excluding tert-OH is 3. The Morgan fingerprint density at radius 2 is 2.20 bits per heavy atom. The van der Waals surface area contributed by atoms with Crippen molar-refractivity contribution in [2.45, 2.75) is 6.29 Å². The van der Waals surface area contributed by atoms with Crippen LogP contribution in [0.15, 0.2) is 12.3 Å². The van der Waals surface area contributed by atoms with E-state index in [1.807, 2.05) is 0 Å².